The van der Waals surface area contributed by atoms with Crippen LogP contribution in [0, 0.1) is 11.8 Å². The molecule has 6 heteroatoms. The molecule has 0 fully saturated rings. The smallest absolute Gasteiger partial charge is 0.0572 e. The zero-order valence-corrected chi connectivity index (χ0v) is 31.3. The van der Waals surface area contributed by atoms with Gasteiger partial charge >= 0.3 is 0 Å². The highest BCUT2D eigenvalue weighted by atomic mass is 15.0. The molecule has 55 heavy (non-hydrogen) atoms. The molecule has 0 spiro atoms. The molecule has 1 aliphatic rings. The van der Waals surface area contributed by atoms with Gasteiger partial charge < -0.3 is 14.9 Å². The van der Waals surface area contributed by atoms with E-state index >= 15 is 0 Å². The normalized spacial score (nSPS) is 15.8. The average molecular weight is 717 g/mol. The van der Waals surface area contributed by atoms with E-state index in [0.717, 1.165) is 70.1 Å². The third-order valence-corrected chi connectivity index (χ3v) is 11.2. The summed E-state index contributed by atoms with van der Waals surface area (Å²) >= 11 is 0. The molecule has 3 aromatic carbocycles. The molecule has 9 rings (SSSR count). The summed E-state index contributed by atoms with van der Waals surface area (Å²) in [6.45, 7) is 4.55. The fourth-order valence-electron chi connectivity index (χ4n) is 8.44. The van der Waals surface area contributed by atoms with Gasteiger partial charge in [0.2, 0.25) is 0 Å². The molecular formula is C49H44N6. The van der Waals surface area contributed by atoms with Crippen LogP contribution in [0.3, 0.4) is 0 Å². The van der Waals surface area contributed by atoms with E-state index in [1.54, 1.807) is 6.20 Å². The van der Waals surface area contributed by atoms with Gasteiger partial charge in [-0.05, 0) is 119 Å². The first-order chi connectivity index (χ1) is 27.1. The van der Waals surface area contributed by atoms with Crippen LogP contribution in [0.2, 0.25) is 0 Å². The van der Waals surface area contributed by atoms with Crippen LogP contribution in [0.15, 0.2) is 153 Å². The van der Waals surface area contributed by atoms with E-state index < -0.39 is 0 Å². The summed E-state index contributed by atoms with van der Waals surface area (Å²) in [6, 6.07) is 33.3. The third-order valence-electron chi connectivity index (χ3n) is 11.2. The molecule has 1 aliphatic carbocycles. The van der Waals surface area contributed by atoms with Crippen molar-refractivity contribution in [2.24, 2.45) is 17.6 Å². The number of nitrogens with zero attached hydrogens (tertiary/aromatic N) is 5. The lowest BCUT2D eigenvalue weighted by Gasteiger charge is -2.23. The van der Waals surface area contributed by atoms with E-state index in [1.165, 1.54) is 38.8 Å². The van der Waals surface area contributed by atoms with Crippen LogP contribution in [0.1, 0.15) is 53.8 Å². The number of pyridine rings is 3. The second-order valence-corrected chi connectivity index (χ2v) is 14.7. The van der Waals surface area contributed by atoms with Crippen molar-refractivity contribution in [2.45, 2.75) is 39.5 Å². The van der Waals surface area contributed by atoms with E-state index in [0.29, 0.717) is 11.8 Å². The maximum Gasteiger partial charge on any atom is 0.0572 e. The van der Waals surface area contributed by atoms with Crippen LogP contribution in [0.25, 0.3) is 55.7 Å². The van der Waals surface area contributed by atoms with Gasteiger partial charge in [-0.2, -0.15) is 0 Å². The zero-order chi connectivity index (χ0) is 37.3. The first-order valence-electron chi connectivity index (χ1n) is 19.3. The minimum absolute atomic E-state index is 0.433. The van der Waals surface area contributed by atoms with Crippen LogP contribution in [0.5, 0.6) is 0 Å². The highest BCUT2D eigenvalue weighted by molar-refractivity contribution is 6.08. The maximum absolute atomic E-state index is 5.92. The van der Waals surface area contributed by atoms with Crippen LogP contribution in [0.4, 0.5) is 0 Å². The number of nitrogens with two attached hydrogens (primary N) is 1. The Balaban J connectivity index is 0.866. The van der Waals surface area contributed by atoms with Crippen LogP contribution < -0.4 is 5.73 Å². The minimum Gasteiger partial charge on any atom is -0.405 e. The third kappa shape index (κ3) is 6.44. The predicted molar refractivity (Wildman–Crippen MR) is 227 cm³/mol. The molecule has 0 aliphatic heterocycles. The fraction of sp³-hybridized carbons (Fsp3) is 0.163. The number of benzene rings is 3. The minimum atomic E-state index is 0.433. The van der Waals surface area contributed by atoms with Crippen molar-refractivity contribution in [3.63, 3.8) is 0 Å². The molecule has 5 heterocycles. The van der Waals surface area contributed by atoms with Crippen molar-refractivity contribution >= 4 is 44.4 Å². The van der Waals surface area contributed by atoms with Gasteiger partial charge in [-0.3, -0.25) is 15.0 Å². The van der Waals surface area contributed by atoms with Gasteiger partial charge in [0.05, 0.1) is 22.2 Å². The molecule has 6 nitrogen and oxygen atoms in total. The van der Waals surface area contributed by atoms with Crippen molar-refractivity contribution < 1.29 is 0 Å². The Morgan fingerprint density at radius 3 is 1.78 bits per heavy atom. The summed E-state index contributed by atoms with van der Waals surface area (Å²) in [5, 5.41) is 3.43. The van der Waals surface area contributed by atoms with Gasteiger partial charge in [0.1, 0.15) is 0 Å². The van der Waals surface area contributed by atoms with E-state index in [9.17, 15) is 0 Å². The number of aromatic nitrogens is 5. The van der Waals surface area contributed by atoms with Crippen LogP contribution in [-0.2, 0) is 19.3 Å². The SMILES string of the molecule is CCCc1c(/C=C\N)n(-c2ccc(Cc3ccc(C4=CC(C)C(Cc5ccc(-n6c7ccncc7c7cnccc76)cc5)C=C4)cc3)cc2)c2ccncc12. The molecule has 5 aromatic heterocycles. The molecule has 2 N–H and O–H groups in total. The highest BCUT2D eigenvalue weighted by Gasteiger charge is 2.20. The molecule has 0 bridgehead atoms. The standard InChI is InChI=1S/C49H44N6/c1-3-4-42-43-30-51-24-20-47(43)54(46(42)19-23-50)40-15-7-35(8-16-40)28-34-5-11-37(12-6-34)39-14-13-38(33(2)27-39)29-36-9-17-41(18-10-36)55-48-21-25-52-31-44(48)45-32-53-26-22-49(45)55/h5-27,30-33,38H,3-4,28-29,50H2,1-2H3/b23-19-. The van der Waals surface area contributed by atoms with E-state index in [-0.39, 0.29) is 0 Å². The molecule has 0 saturated carbocycles. The van der Waals surface area contributed by atoms with Crippen molar-refractivity contribution in [3.05, 3.63) is 186 Å². The van der Waals surface area contributed by atoms with Gasteiger partial charge in [-0.15, -0.1) is 0 Å². The first kappa shape index (κ1) is 34.3. The summed E-state index contributed by atoms with van der Waals surface area (Å²) in [5.41, 5.74) is 20.6. The molecule has 270 valence electrons. The Labute approximate surface area is 322 Å². The summed E-state index contributed by atoms with van der Waals surface area (Å²) < 4.78 is 4.61. The van der Waals surface area contributed by atoms with Crippen LogP contribution >= 0.6 is 0 Å². The lowest BCUT2D eigenvalue weighted by molar-refractivity contribution is 0.506. The Kier molecular flexibility index (Phi) is 9.16. The van der Waals surface area contributed by atoms with Crippen molar-refractivity contribution in [2.75, 3.05) is 0 Å². The molecule has 0 saturated heterocycles. The number of hydrogen-bond acceptors (Lipinski definition) is 4. The molecule has 2 atom stereocenters. The molecule has 0 radical (unpaired) electrons. The van der Waals surface area contributed by atoms with Crippen molar-refractivity contribution in [1.29, 1.82) is 0 Å². The molecule has 2 unspecified atom stereocenters. The summed E-state index contributed by atoms with van der Waals surface area (Å²) in [4.78, 5) is 13.2. The Morgan fingerprint density at radius 2 is 1.20 bits per heavy atom. The van der Waals surface area contributed by atoms with Gasteiger partial charge in [-0.1, -0.05) is 87.0 Å². The van der Waals surface area contributed by atoms with Crippen LogP contribution in [-0.4, -0.2) is 24.1 Å². The van der Waals surface area contributed by atoms with Gasteiger partial charge in [0.15, 0.2) is 0 Å². The number of allylic oxidation sites excluding steroid dienone is 4. The summed E-state index contributed by atoms with van der Waals surface area (Å²) in [7, 11) is 0. The predicted octanol–water partition coefficient (Wildman–Crippen LogP) is 10.8. The van der Waals surface area contributed by atoms with E-state index in [1.807, 2.05) is 43.3 Å². The molecule has 8 aromatic rings. The highest BCUT2D eigenvalue weighted by Crippen LogP contribution is 2.34. The van der Waals surface area contributed by atoms with Gasteiger partial charge in [-0.25, -0.2) is 0 Å². The lowest BCUT2D eigenvalue weighted by Crippen LogP contribution is -2.13. The number of hydrogen-bond donors (Lipinski definition) is 1. The zero-order valence-electron chi connectivity index (χ0n) is 31.3. The maximum atomic E-state index is 5.92. The lowest BCUT2D eigenvalue weighted by atomic mass is 9.81. The second-order valence-electron chi connectivity index (χ2n) is 14.7. The largest absolute Gasteiger partial charge is 0.405 e. The number of fused-ring (bicyclic) bond motifs is 4. The number of rotatable bonds is 10. The van der Waals surface area contributed by atoms with Crippen molar-refractivity contribution in [3.8, 4) is 11.4 Å². The van der Waals surface area contributed by atoms with E-state index in [4.69, 9.17) is 5.73 Å². The summed E-state index contributed by atoms with van der Waals surface area (Å²) in [6.07, 6.45) is 26.2. The monoisotopic (exact) mass is 716 g/mol. The van der Waals surface area contributed by atoms with E-state index in [2.05, 4.69) is 147 Å². The van der Waals surface area contributed by atoms with Crippen molar-refractivity contribution in [1.82, 2.24) is 24.1 Å². The number of aryl methyl sites for hydroxylation is 1. The molecular weight excluding hydrogens is 673 g/mol. The first-order valence-corrected chi connectivity index (χ1v) is 19.3. The topological polar surface area (TPSA) is 74.5 Å². The quantitative estimate of drug-likeness (QED) is 0.153. The fourth-order valence-corrected chi connectivity index (χ4v) is 8.44. The average Bonchev–Trinajstić information content (AvgIpc) is 3.72. The Bertz CT molecular complexity index is 2670. The second kappa shape index (κ2) is 14.7. The Hall–Kier alpha value is -6.53. The van der Waals surface area contributed by atoms with Gasteiger partial charge in [0, 0.05) is 64.7 Å². The summed E-state index contributed by atoms with van der Waals surface area (Å²) in [5.74, 6) is 0.881. The molecule has 0 amide bonds. The Morgan fingerprint density at radius 1 is 0.655 bits per heavy atom. The van der Waals surface area contributed by atoms with Gasteiger partial charge in [0.25, 0.3) is 0 Å².